The fraction of sp³-hybridized carbons (Fsp3) is 0. The van der Waals surface area contributed by atoms with Crippen molar-refractivity contribution in [1.82, 2.24) is 0 Å². The van der Waals surface area contributed by atoms with Crippen LogP contribution in [0.3, 0.4) is 0 Å². The van der Waals surface area contributed by atoms with Crippen LogP contribution in [0.25, 0.3) is 10.4 Å². The molecule has 17 heavy (non-hydrogen) atoms. The molecule has 6 heteroatoms. The van der Waals surface area contributed by atoms with Crippen LogP contribution in [0.15, 0.2) is 28.7 Å². The van der Waals surface area contributed by atoms with Gasteiger partial charge >= 0.3 is 5.97 Å². The number of carbonyl (C=O) groups is 1. The number of thiophene rings is 1. The Hall–Kier alpha value is -1.04. The Kier molecular flexibility index (Phi) is 3.42. The third-order valence-corrected chi connectivity index (χ3v) is 4.58. The smallest absolute Gasteiger partial charge is 0.348 e. The van der Waals surface area contributed by atoms with Crippen molar-refractivity contribution in [2.24, 2.45) is 0 Å². The van der Waals surface area contributed by atoms with Crippen molar-refractivity contribution in [1.29, 1.82) is 0 Å². The van der Waals surface area contributed by atoms with E-state index in [1.807, 2.05) is 12.1 Å². The molecule has 0 atom stereocenters. The van der Waals surface area contributed by atoms with Crippen LogP contribution in [0.4, 0.5) is 5.69 Å². The normalized spacial score (nSPS) is 10.5. The second-order valence-electron chi connectivity index (χ2n) is 3.33. The fourth-order valence-electron chi connectivity index (χ4n) is 1.36. The Labute approximate surface area is 115 Å². The van der Waals surface area contributed by atoms with Crippen LogP contribution >= 0.6 is 38.9 Å². The van der Waals surface area contributed by atoms with Gasteiger partial charge in [0.05, 0.1) is 10.7 Å². The number of nitrogen functional groups attached to an aromatic ring is 1. The first-order chi connectivity index (χ1) is 7.99. The van der Waals surface area contributed by atoms with E-state index >= 15 is 0 Å². The molecule has 1 heterocycles. The standard InChI is InChI=1S/C11H7BrClNO2S/c12-6-2-1-5(3-7(6)13)9-4-8(14)10(17-9)11(15)16/h1-4H,14H2,(H,15,16). The molecule has 0 radical (unpaired) electrons. The zero-order valence-corrected chi connectivity index (χ0v) is 11.6. The van der Waals surface area contributed by atoms with Crippen molar-refractivity contribution < 1.29 is 9.90 Å². The highest BCUT2D eigenvalue weighted by Gasteiger charge is 2.14. The molecule has 0 aliphatic rings. The number of nitrogens with two attached hydrogens (primary N) is 1. The van der Waals surface area contributed by atoms with Crippen LogP contribution in [0.1, 0.15) is 9.67 Å². The number of hydrogen-bond donors (Lipinski definition) is 2. The van der Waals surface area contributed by atoms with Crippen LogP contribution in [0, 0.1) is 0 Å². The van der Waals surface area contributed by atoms with Gasteiger partial charge in [0.2, 0.25) is 0 Å². The molecular formula is C11H7BrClNO2S. The average molecular weight is 333 g/mol. The second kappa shape index (κ2) is 4.68. The SMILES string of the molecule is Nc1cc(-c2ccc(Br)c(Cl)c2)sc1C(=O)O. The molecule has 0 aliphatic heterocycles. The quantitative estimate of drug-likeness (QED) is 0.870. The van der Waals surface area contributed by atoms with Gasteiger partial charge in [0.25, 0.3) is 0 Å². The predicted octanol–water partition coefficient (Wildman–Crippen LogP) is 4.11. The molecule has 0 bridgehead atoms. The van der Waals surface area contributed by atoms with Gasteiger partial charge in [0.15, 0.2) is 0 Å². The highest BCUT2D eigenvalue weighted by molar-refractivity contribution is 9.10. The van der Waals surface area contributed by atoms with Crippen LogP contribution < -0.4 is 5.73 Å². The molecule has 3 nitrogen and oxygen atoms in total. The number of carboxylic acid groups (broad SMARTS) is 1. The van der Waals surface area contributed by atoms with Gasteiger partial charge in [-0.05, 0) is 39.7 Å². The molecule has 0 fully saturated rings. The van der Waals surface area contributed by atoms with Crippen LogP contribution in [0.2, 0.25) is 5.02 Å². The summed E-state index contributed by atoms with van der Waals surface area (Å²) >= 11 is 10.4. The van der Waals surface area contributed by atoms with Crippen LogP contribution in [-0.4, -0.2) is 11.1 Å². The highest BCUT2D eigenvalue weighted by atomic mass is 79.9. The molecule has 1 aromatic heterocycles. The first-order valence-corrected chi connectivity index (χ1v) is 6.56. The summed E-state index contributed by atoms with van der Waals surface area (Å²) in [6, 6.07) is 7.08. The molecule has 2 rings (SSSR count). The summed E-state index contributed by atoms with van der Waals surface area (Å²) in [4.78, 5) is 11.8. The minimum atomic E-state index is -1.01. The maximum atomic E-state index is 10.9. The van der Waals surface area contributed by atoms with Gasteiger partial charge in [-0.25, -0.2) is 4.79 Å². The van der Waals surface area contributed by atoms with Crippen molar-refractivity contribution in [2.45, 2.75) is 0 Å². The number of hydrogen-bond acceptors (Lipinski definition) is 3. The van der Waals surface area contributed by atoms with E-state index in [0.717, 1.165) is 26.3 Å². The summed E-state index contributed by atoms with van der Waals surface area (Å²) in [5.41, 5.74) is 6.76. The van der Waals surface area contributed by atoms with Crippen LogP contribution in [0.5, 0.6) is 0 Å². The molecular weight excluding hydrogens is 326 g/mol. The molecule has 0 saturated carbocycles. The van der Waals surface area contributed by atoms with E-state index in [0.29, 0.717) is 5.02 Å². The summed E-state index contributed by atoms with van der Waals surface area (Å²) in [7, 11) is 0. The van der Waals surface area contributed by atoms with E-state index in [9.17, 15) is 4.79 Å². The van der Waals surface area contributed by atoms with E-state index < -0.39 is 5.97 Å². The number of aromatic carboxylic acids is 1. The van der Waals surface area contributed by atoms with Gasteiger partial charge in [0.1, 0.15) is 4.88 Å². The van der Waals surface area contributed by atoms with Gasteiger partial charge in [-0.1, -0.05) is 17.7 Å². The zero-order valence-electron chi connectivity index (χ0n) is 8.41. The zero-order chi connectivity index (χ0) is 12.6. The largest absolute Gasteiger partial charge is 0.477 e. The Morgan fingerprint density at radius 1 is 1.41 bits per heavy atom. The van der Waals surface area contributed by atoms with Crippen molar-refractivity contribution in [3.63, 3.8) is 0 Å². The molecule has 1 aromatic carbocycles. The number of anilines is 1. The lowest BCUT2D eigenvalue weighted by Crippen LogP contribution is -1.96. The van der Waals surface area contributed by atoms with Gasteiger partial charge in [0, 0.05) is 9.35 Å². The van der Waals surface area contributed by atoms with E-state index in [-0.39, 0.29) is 10.6 Å². The Morgan fingerprint density at radius 3 is 2.65 bits per heavy atom. The lowest BCUT2D eigenvalue weighted by Gasteiger charge is -1.99. The minimum absolute atomic E-state index is 0.152. The first-order valence-electron chi connectivity index (χ1n) is 4.57. The molecule has 88 valence electrons. The average Bonchev–Trinajstić information content (AvgIpc) is 2.64. The summed E-state index contributed by atoms with van der Waals surface area (Å²) in [5, 5.41) is 9.50. The molecule has 3 N–H and O–H groups in total. The van der Waals surface area contributed by atoms with Gasteiger partial charge in [-0.15, -0.1) is 11.3 Å². The Morgan fingerprint density at radius 2 is 2.12 bits per heavy atom. The maximum absolute atomic E-state index is 10.9. The molecule has 0 amide bonds. The number of halogens is 2. The van der Waals surface area contributed by atoms with Crippen molar-refractivity contribution in [2.75, 3.05) is 5.73 Å². The van der Waals surface area contributed by atoms with Gasteiger partial charge in [-0.2, -0.15) is 0 Å². The Balaban J connectivity index is 2.50. The molecule has 0 spiro atoms. The van der Waals surface area contributed by atoms with Crippen molar-refractivity contribution >= 4 is 50.5 Å². The van der Waals surface area contributed by atoms with E-state index in [2.05, 4.69) is 15.9 Å². The third-order valence-electron chi connectivity index (χ3n) is 2.16. The summed E-state index contributed by atoms with van der Waals surface area (Å²) in [5.74, 6) is -1.01. The molecule has 0 unspecified atom stereocenters. The first kappa shape index (κ1) is 12.4. The monoisotopic (exact) mass is 331 g/mol. The van der Waals surface area contributed by atoms with Crippen LogP contribution in [-0.2, 0) is 0 Å². The maximum Gasteiger partial charge on any atom is 0.348 e. The van der Waals surface area contributed by atoms with E-state index in [1.165, 1.54) is 0 Å². The Bertz CT molecular complexity index is 597. The number of benzene rings is 1. The topological polar surface area (TPSA) is 63.3 Å². The van der Waals surface area contributed by atoms with E-state index in [4.69, 9.17) is 22.4 Å². The second-order valence-corrected chi connectivity index (χ2v) is 5.64. The minimum Gasteiger partial charge on any atom is -0.477 e. The summed E-state index contributed by atoms with van der Waals surface area (Å²) in [6.07, 6.45) is 0. The van der Waals surface area contributed by atoms with Crippen molar-refractivity contribution in [3.8, 4) is 10.4 Å². The lowest BCUT2D eigenvalue weighted by molar-refractivity contribution is 0.0703. The molecule has 0 saturated heterocycles. The predicted molar refractivity (Wildman–Crippen MR) is 73.8 cm³/mol. The summed E-state index contributed by atoms with van der Waals surface area (Å²) in [6.45, 7) is 0. The number of carboxylic acids is 1. The summed E-state index contributed by atoms with van der Waals surface area (Å²) < 4.78 is 0.797. The van der Waals surface area contributed by atoms with Gasteiger partial charge in [-0.3, -0.25) is 0 Å². The third kappa shape index (κ3) is 2.46. The van der Waals surface area contributed by atoms with Crippen molar-refractivity contribution in [3.05, 3.63) is 38.6 Å². The number of rotatable bonds is 2. The lowest BCUT2D eigenvalue weighted by atomic mass is 10.2. The van der Waals surface area contributed by atoms with Gasteiger partial charge < -0.3 is 10.8 Å². The molecule has 2 aromatic rings. The van der Waals surface area contributed by atoms with E-state index in [1.54, 1.807) is 12.1 Å². The highest BCUT2D eigenvalue weighted by Crippen LogP contribution is 2.35. The molecule has 0 aliphatic carbocycles. The fourth-order valence-corrected chi connectivity index (χ4v) is 2.71.